The minimum absolute atomic E-state index is 0.344. The van der Waals surface area contributed by atoms with Gasteiger partial charge in [0.15, 0.2) is 0 Å². The van der Waals surface area contributed by atoms with Gasteiger partial charge in [-0.15, -0.1) is 0 Å². The number of ether oxygens (including phenoxy) is 1. The summed E-state index contributed by atoms with van der Waals surface area (Å²) < 4.78 is 4.63. The average molecular weight is 252 g/mol. The molecule has 0 fully saturated rings. The zero-order valence-corrected chi connectivity index (χ0v) is 11.0. The molecule has 0 aromatic heterocycles. The van der Waals surface area contributed by atoms with Gasteiger partial charge in [-0.1, -0.05) is 0 Å². The predicted octanol–water partition coefficient (Wildman–Crippen LogP) is 1.26. The standard InChI is InChI=1S/C13H20N2O3/c1-9(16)6-7-15(2)12-5-4-10(8-11(12)14)13(17)18-3/h4-5,8-9,16H,6-7,14H2,1-3H3. The Labute approximate surface area is 107 Å². The van der Waals surface area contributed by atoms with Crippen molar-refractivity contribution >= 4 is 17.3 Å². The van der Waals surface area contributed by atoms with E-state index in [0.717, 1.165) is 5.69 Å². The summed E-state index contributed by atoms with van der Waals surface area (Å²) in [5, 5.41) is 9.25. The number of methoxy groups -OCH3 is 1. The zero-order valence-electron chi connectivity index (χ0n) is 11.0. The Balaban J connectivity index is 2.81. The molecule has 5 heteroatoms. The van der Waals surface area contributed by atoms with E-state index in [4.69, 9.17) is 5.73 Å². The van der Waals surface area contributed by atoms with Crippen LogP contribution in [0.4, 0.5) is 11.4 Å². The molecule has 100 valence electrons. The normalized spacial score (nSPS) is 12.0. The molecule has 0 spiro atoms. The summed E-state index contributed by atoms with van der Waals surface area (Å²) in [5.74, 6) is -0.403. The number of nitrogen functional groups attached to an aromatic ring is 1. The van der Waals surface area contributed by atoms with Gasteiger partial charge in [0.05, 0.1) is 30.2 Å². The minimum Gasteiger partial charge on any atom is -0.465 e. The molecular weight excluding hydrogens is 232 g/mol. The molecule has 0 aliphatic heterocycles. The molecule has 0 bridgehead atoms. The Morgan fingerprint density at radius 3 is 2.72 bits per heavy atom. The monoisotopic (exact) mass is 252 g/mol. The van der Waals surface area contributed by atoms with Gasteiger partial charge >= 0.3 is 5.97 Å². The number of nitrogens with two attached hydrogens (primary N) is 1. The van der Waals surface area contributed by atoms with Crippen LogP contribution in [0.1, 0.15) is 23.7 Å². The predicted molar refractivity (Wildman–Crippen MR) is 71.8 cm³/mol. The Morgan fingerprint density at radius 1 is 1.56 bits per heavy atom. The summed E-state index contributed by atoms with van der Waals surface area (Å²) in [6.07, 6.45) is 0.317. The molecule has 0 aliphatic rings. The van der Waals surface area contributed by atoms with E-state index in [1.807, 2.05) is 11.9 Å². The largest absolute Gasteiger partial charge is 0.465 e. The van der Waals surface area contributed by atoms with Crippen molar-refractivity contribution in [2.75, 3.05) is 31.3 Å². The highest BCUT2D eigenvalue weighted by Crippen LogP contribution is 2.24. The van der Waals surface area contributed by atoms with Gasteiger partial charge in [0, 0.05) is 13.6 Å². The third kappa shape index (κ3) is 3.63. The van der Waals surface area contributed by atoms with Gasteiger partial charge in [-0.3, -0.25) is 0 Å². The molecule has 0 saturated carbocycles. The number of nitrogens with zero attached hydrogens (tertiary/aromatic N) is 1. The van der Waals surface area contributed by atoms with Crippen LogP contribution < -0.4 is 10.6 Å². The van der Waals surface area contributed by atoms with E-state index in [0.29, 0.717) is 24.2 Å². The highest BCUT2D eigenvalue weighted by atomic mass is 16.5. The lowest BCUT2D eigenvalue weighted by Gasteiger charge is -2.22. The Bertz CT molecular complexity index is 419. The van der Waals surface area contributed by atoms with Crippen LogP contribution in [0.25, 0.3) is 0 Å². The van der Waals surface area contributed by atoms with Crippen LogP contribution in [0.15, 0.2) is 18.2 Å². The second-order valence-electron chi connectivity index (χ2n) is 4.32. The zero-order chi connectivity index (χ0) is 13.7. The van der Waals surface area contributed by atoms with Crippen molar-refractivity contribution < 1.29 is 14.6 Å². The van der Waals surface area contributed by atoms with Crippen LogP contribution in [0.2, 0.25) is 0 Å². The topological polar surface area (TPSA) is 75.8 Å². The molecule has 0 amide bonds. The van der Waals surface area contributed by atoms with Crippen molar-refractivity contribution in [3.05, 3.63) is 23.8 Å². The van der Waals surface area contributed by atoms with Crippen LogP contribution in [0.3, 0.4) is 0 Å². The first-order chi connectivity index (χ1) is 8.45. The molecule has 3 N–H and O–H groups in total. The number of esters is 1. The number of carbonyl (C=O) groups is 1. The van der Waals surface area contributed by atoms with Crippen molar-refractivity contribution in [3.63, 3.8) is 0 Å². The Hall–Kier alpha value is -1.75. The number of rotatable bonds is 5. The minimum atomic E-state index is -0.403. The van der Waals surface area contributed by atoms with Crippen molar-refractivity contribution in [3.8, 4) is 0 Å². The van der Waals surface area contributed by atoms with Gasteiger partial charge < -0.3 is 20.5 Å². The first-order valence-electron chi connectivity index (χ1n) is 5.82. The second kappa shape index (κ2) is 6.26. The van der Waals surface area contributed by atoms with E-state index in [1.54, 1.807) is 25.1 Å². The van der Waals surface area contributed by atoms with E-state index in [9.17, 15) is 9.90 Å². The molecule has 1 atom stereocenters. The molecule has 0 aliphatic carbocycles. The van der Waals surface area contributed by atoms with Gasteiger partial charge in [-0.2, -0.15) is 0 Å². The lowest BCUT2D eigenvalue weighted by Crippen LogP contribution is -2.22. The number of hydrogen-bond donors (Lipinski definition) is 2. The van der Waals surface area contributed by atoms with E-state index in [2.05, 4.69) is 4.74 Å². The van der Waals surface area contributed by atoms with Crippen molar-refractivity contribution in [2.24, 2.45) is 0 Å². The fourth-order valence-corrected chi connectivity index (χ4v) is 1.65. The van der Waals surface area contributed by atoms with Crippen molar-refractivity contribution in [2.45, 2.75) is 19.4 Å². The second-order valence-corrected chi connectivity index (χ2v) is 4.32. The molecule has 1 unspecified atom stereocenters. The van der Waals surface area contributed by atoms with Crippen molar-refractivity contribution in [1.29, 1.82) is 0 Å². The molecule has 1 aromatic carbocycles. The number of hydrogen-bond acceptors (Lipinski definition) is 5. The van der Waals surface area contributed by atoms with E-state index in [1.165, 1.54) is 7.11 Å². The maximum Gasteiger partial charge on any atom is 0.337 e. The number of aliphatic hydroxyl groups excluding tert-OH is 1. The smallest absolute Gasteiger partial charge is 0.337 e. The summed E-state index contributed by atoms with van der Waals surface area (Å²) in [6.45, 7) is 2.44. The van der Waals surface area contributed by atoms with Gasteiger partial charge in [0.2, 0.25) is 0 Å². The van der Waals surface area contributed by atoms with E-state index >= 15 is 0 Å². The lowest BCUT2D eigenvalue weighted by atomic mass is 10.1. The van der Waals surface area contributed by atoms with E-state index in [-0.39, 0.29) is 6.10 Å². The number of carbonyl (C=O) groups excluding carboxylic acids is 1. The summed E-state index contributed by atoms with van der Waals surface area (Å²) in [7, 11) is 3.23. The quantitative estimate of drug-likeness (QED) is 0.609. The molecule has 0 radical (unpaired) electrons. The summed E-state index contributed by atoms with van der Waals surface area (Å²) in [5.41, 5.74) is 7.70. The molecule has 0 saturated heterocycles. The Morgan fingerprint density at radius 2 is 2.22 bits per heavy atom. The summed E-state index contributed by atoms with van der Waals surface area (Å²) >= 11 is 0. The molecule has 0 heterocycles. The summed E-state index contributed by atoms with van der Waals surface area (Å²) in [6, 6.07) is 5.06. The SMILES string of the molecule is COC(=O)c1ccc(N(C)CCC(C)O)c(N)c1. The maximum atomic E-state index is 11.3. The van der Waals surface area contributed by atoms with Gasteiger partial charge in [0.1, 0.15) is 0 Å². The van der Waals surface area contributed by atoms with Crippen LogP contribution in [0.5, 0.6) is 0 Å². The van der Waals surface area contributed by atoms with Crippen LogP contribution >= 0.6 is 0 Å². The van der Waals surface area contributed by atoms with Crippen LogP contribution in [-0.2, 0) is 4.74 Å². The highest BCUT2D eigenvalue weighted by molar-refractivity contribution is 5.91. The first kappa shape index (κ1) is 14.3. The number of anilines is 2. The highest BCUT2D eigenvalue weighted by Gasteiger charge is 2.11. The van der Waals surface area contributed by atoms with E-state index < -0.39 is 5.97 Å². The molecule has 1 rings (SSSR count). The fourth-order valence-electron chi connectivity index (χ4n) is 1.65. The van der Waals surface area contributed by atoms with Gasteiger partial charge in [-0.25, -0.2) is 4.79 Å². The fraction of sp³-hybridized carbons (Fsp3) is 0.462. The number of benzene rings is 1. The summed E-state index contributed by atoms with van der Waals surface area (Å²) in [4.78, 5) is 13.3. The van der Waals surface area contributed by atoms with Crippen LogP contribution in [-0.4, -0.2) is 37.9 Å². The molecule has 5 nitrogen and oxygen atoms in total. The van der Waals surface area contributed by atoms with Crippen LogP contribution in [0, 0.1) is 0 Å². The molecular formula is C13H20N2O3. The third-order valence-corrected chi connectivity index (χ3v) is 2.74. The number of aliphatic hydroxyl groups is 1. The molecule has 18 heavy (non-hydrogen) atoms. The van der Waals surface area contributed by atoms with Crippen molar-refractivity contribution in [1.82, 2.24) is 0 Å². The van der Waals surface area contributed by atoms with Gasteiger partial charge in [0.25, 0.3) is 0 Å². The third-order valence-electron chi connectivity index (χ3n) is 2.74. The Kier molecular flexibility index (Phi) is 4.97. The lowest BCUT2D eigenvalue weighted by molar-refractivity contribution is 0.0601. The average Bonchev–Trinajstić information content (AvgIpc) is 2.34. The molecule has 1 aromatic rings. The maximum absolute atomic E-state index is 11.3. The first-order valence-corrected chi connectivity index (χ1v) is 5.82. The van der Waals surface area contributed by atoms with Gasteiger partial charge in [-0.05, 0) is 31.5 Å².